The molecule has 1 saturated heterocycles. The molecular weight excluding hydrogens is 186 g/mol. The molecule has 1 atom stereocenters. The summed E-state index contributed by atoms with van der Waals surface area (Å²) < 4.78 is 0. The average molecular weight is 205 g/mol. The van der Waals surface area contributed by atoms with Gasteiger partial charge in [-0.1, -0.05) is 18.2 Å². The Balaban J connectivity index is 1.98. The second kappa shape index (κ2) is 5.17. The van der Waals surface area contributed by atoms with Crippen LogP contribution in [-0.2, 0) is 0 Å². The summed E-state index contributed by atoms with van der Waals surface area (Å²) in [5.74, 6) is 0.670. The Bertz CT molecular complexity index is 284. The molecule has 2 nitrogen and oxygen atoms in total. The van der Waals surface area contributed by atoms with Crippen molar-refractivity contribution in [3.05, 3.63) is 30.3 Å². The van der Waals surface area contributed by atoms with E-state index >= 15 is 0 Å². The molecule has 1 aliphatic rings. The molecule has 1 aromatic rings. The van der Waals surface area contributed by atoms with E-state index in [1.54, 1.807) is 0 Å². The van der Waals surface area contributed by atoms with E-state index in [2.05, 4.69) is 35.2 Å². The molecule has 2 rings (SSSR count). The molecule has 1 unspecified atom stereocenters. The minimum absolute atomic E-state index is 0.327. The third-order valence-electron chi connectivity index (χ3n) is 3.18. The summed E-state index contributed by atoms with van der Waals surface area (Å²) >= 11 is 0. The van der Waals surface area contributed by atoms with Gasteiger partial charge in [0, 0.05) is 25.4 Å². The number of aliphatic hydroxyl groups excluding tert-OH is 1. The van der Waals surface area contributed by atoms with E-state index in [0.717, 1.165) is 19.5 Å². The number of aliphatic hydroxyl groups is 1. The largest absolute Gasteiger partial charge is 0.396 e. The van der Waals surface area contributed by atoms with Crippen molar-refractivity contribution in [1.29, 1.82) is 0 Å². The number of hydrogen-bond acceptors (Lipinski definition) is 2. The number of piperidine rings is 1. The van der Waals surface area contributed by atoms with Crippen molar-refractivity contribution in [2.24, 2.45) is 5.92 Å². The Morgan fingerprint density at radius 1 is 1.27 bits per heavy atom. The van der Waals surface area contributed by atoms with Crippen LogP contribution in [0.4, 0.5) is 5.69 Å². The fourth-order valence-electron chi connectivity index (χ4n) is 2.36. The van der Waals surface area contributed by atoms with Crippen LogP contribution in [0.5, 0.6) is 0 Å². The Kier molecular flexibility index (Phi) is 3.62. The van der Waals surface area contributed by atoms with Crippen molar-refractivity contribution in [2.45, 2.75) is 19.3 Å². The van der Waals surface area contributed by atoms with Gasteiger partial charge in [0.25, 0.3) is 0 Å². The van der Waals surface area contributed by atoms with E-state index in [0.29, 0.717) is 12.5 Å². The van der Waals surface area contributed by atoms with Gasteiger partial charge in [0.15, 0.2) is 0 Å². The average Bonchev–Trinajstić information content (AvgIpc) is 2.31. The van der Waals surface area contributed by atoms with Crippen molar-refractivity contribution in [3.63, 3.8) is 0 Å². The first kappa shape index (κ1) is 10.5. The maximum absolute atomic E-state index is 8.96. The second-order valence-electron chi connectivity index (χ2n) is 4.30. The van der Waals surface area contributed by atoms with Crippen molar-refractivity contribution < 1.29 is 5.11 Å². The molecule has 82 valence electrons. The fraction of sp³-hybridized carbons (Fsp3) is 0.538. The number of rotatable bonds is 3. The molecular formula is C13H19NO. The quantitative estimate of drug-likeness (QED) is 0.818. The van der Waals surface area contributed by atoms with Crippen LogP contribution < -0.4 is 4.90 Å². The Labute approximate surface area is 91.5 Å². The predicted molar refractivity (Wildman–Crippen MR) is 63.1 cm³/mol. The second-order valence-corrected chi connectivity index (χ2v) is 4.30. The van der Waals surface area contributed by atoms with Crippen LogP contribution >= 0.6 is 0 Å². The molecule has 0 aromatic heterocycles. The van der Waals surface area contributed by atoms with Crippen LogP contribution in [0.2, 0.25) is 0 Å². The van der Waals surface area contributed by atoms with Gasteiger partial charge in [0.05, 0.1) is 0 Å². The van der Waals surface area contributed by atoms with E-state index in [9.17, 15) is 0 Å². The minimum atomic E-state index is 0.327. The highest BCUT2D eigenvalue weighted by Crippen LogP contribution is 2.24. The first-order chi connectivity index (χ1) is 7.40. The maximum atomic E-state index is 8.96. The van der Waals surface area contributed by atoms with Gasteiger partial charge in [-0.15, -0.1) is 0 Å². The van der Waals surface area contributed by atoms with E-state index in [1.165, 1.54) is 18.5 Å². The number of benzene rings is 1. The van der Waals surface area contributed by atoms with Gasteiger partial charge < -0.3 is 10.0 Å². The molecule has 0 bridgehead atoms. The van der Waals surface area contributed by atoms with Gasteiger partial charge in [-0.25, -0.2) is 0 Å². The molecule has 15 heavy (non-hydrogen) atoms. The molecule has 1 fully saturated rings. The molecule has 0 spiro atoms. The van der Waals surface area contributed by atoms with Crippen molar-refractivity contribution in [1.82, 2.24) is 0 Å². The third-order valence-corrected chi connectivity index (χ3v) is 3.18. The lowest BCUT2D eigenvalue weighted by atomic mass is 9.95. The van der Waals surface area contributed by atoms with Crippen LogP contribution in [0.15, 0.2) is 30.3 Å². The molecule has 1 aliphatic heterocycles. The topological polar surface area (TPSA) is 23.5 Å². The Morgan fingerprint density at radius 3 is 2.80 bits per heavy atom. The van der Waals surface area contributed by atoms with E-state index in [-0.39, 0.29) is 0 Å². The predicted octanol–water partition coefficient (Wildman–Crippen LogP) is 2.29. The van der Waals surface area contributed by atoms with Gasteiger partial charge >= 0.3 is 0 Å². The first-order valence-electron chi connectivity index (χ1n) is 5.81. The van der Waals surface area contributed by atoms with Gasteiger partial charge in [-0.2, -0.15) is 0 Å². The summed E-state index contributed by atoms with van der Waals surface area (Å²) in [4.78, 5) is 2.43. The van der Waals surface area contributed by atoms with Gasteiger partial charge in [-0.05, 0) is 37.3 Å². The zero-order valence-electron chi connectivity index (χ0n) is 9.10. The standard InChI is InChI=1S/C13H19NO/c15-10-8-12-5-4-9-14(11-12)13-6-2-1-3-7-13/h1-3,6-7,12,15H,4-5,8-11H2. The SMILES string of the molecule is OCCC1CCCN(c2ccccc2)C1. The normalized spacial score (nSPS) is 21.7. The summed E-state index contributed by atoms with van der Waals surface area (Å²) in [5.41, 5.74) is 1.32. The maximum Gasteiger partial charge on any atom is 0.0434 e. The number of para-hydroxylation sites is 1. The Hall–Kier alpha value is -1.02. The van der Waals surface area contributed by atoms with Crippen LogP contribution in [0, 0.1) is 5.92 Å². The lowest BCUT2D eigenvalue weighted by Crippen LogP contribution is -2.35. The lowest BCUT2D eigenvalue weighted by molar-refractivity contribution is 0.244. The van der Waals surface area contributed by atoms with Crippen LogP contribution in [0.3, 0.4) is 0 Å². The molecule has 0 saturated carbocycles. The highest BCUT2D eigenvalue weighted by atomic mass is 16.3. The summed E-state index contributed by atoms with van der Waals surface area (Å²) in [6.07, 6.45) is 3.47. The first-order valence-corrected chi connectivity index (χ1v) is 5.81. The summed E-state index contributed by atoms with van der Waals surface area (Å²) in [6, 6.07) is 10.6. The zero-order valence-corrected chi connectivity index (χ0v) is 9.10. The monoisotopic (exact) mass is 205 g/mol. The van der Waals surface area contributed by atoms with Crippen LogP contribution in [-0.4, -0.2) is 24.8 Å². The van der Waals surface area contributed by atoms with Crippen molar-refractivity contribution >= 4 is 5.69 Å². The van der Waals surface area contributed by atoms with Crippen LogP contribution in [0.1, 0.15) is 19.3 Å². The highest BCUT2D eigenvalue weighted by molar-refractivity contribution is 5.46. The lowest BCUT2D eigenvalue weighted by Gasteiger charge is -2.34. The summed E-state index contributed by atoms with van der Waals surface area (Å²) in [6.45, 7) is 2.59. The highest BCUT2D eigenvalue weighted by Gasteiger charge is 2.19. The van der Waals surface area contributed by atoms with Gasteiger partial charge in [0.1, 0.15) is 0 Å². The zero-order chi connectivity index (χ0) is 10.5. The molecule has 0 radical (unpaired) electrons. The number of nitrogens with zero attached hydrogens (tertiary/aromatic N) is 1. The molecule has 0 aliphatic carbocycles. The fourth-order valence-corrected chi connectivity index (χ4v) is 2.36. The van der Waals surface area contributed by atoms with Gasteiger partial charge in [-0.3, -0.25) is 0 Å². The number of anilines is 1. The minimum Gasteiger partial charge on any atom is -0.396 e. The molecule has 0 amide bonds. The smallest absolute Gasteiger partial charge is 0.0434 e. The van der Waals surface area contributed by atoms with Crippen molar-refractivity contribution in [2.75, 3.05) is 24.6 Å². The molecule has 1 heterocycles. The number of hydrogen-bond donors (Lipinski definition) is 1. The third kappa shape index (κ3) is 2.72. The van der Waals surface area contributed by atoms with Crippen molar-refractivity contribution in [3.8, 4) is 0 Å². The summed E-state index contributed by atoms with van der Waals surface area (Å²) in [7, 11) is 0. The van der Waals surface area contributed by atoms with E-state index in [1.807, 2.05) is 0 Å². The van der Waals surface area contributed by atoms with Gasteiger partial charge in [0.2, 0.25) is 0 Å². The molecule has 2 heteroatoms. The summed E-state index contributed by atoms with van der Waals surface area (Å²) in [5, 5.41) is 8.96. The Morgan fingerprint density at radius 2 is 2.07 bits per heavy atom. The van der Waals surface area contributed by atoms with E-state index < -0.39 is 0 Å². The molecule has 1 N–H and O–H groups in total. The van der Waals surface area contributed by atoms with E-state index in [4.69, 9.17) is 5.11 Å². The molecule has 1 aromatic carbocycles. The van der Waals surface area contributed by atoms with Crippen LogP contribution in [0.25, 0.3) is 0 Å².